The number of anilines is 1. The van der Waals surface area contributed by atoms with Gasteiger partial charge in [0.25, 0.3) is 0 Å². The molecule has 1 aromatic carbocycles. The molecule has 1 atom stereocenters. The van der Waals surface area contributed by atoms with E-state index in [1.807, 2.05) is 32.3 Å². The zero-order chi connectivity index (χ0) is 15.4. The van der Waals surface area contributed by atoms with E-state index in [0.717, 1.165) is 16.9 Å². The summed E-state index contributed by atoms with van der Waals surface area (Å²) in [5.41, 5.74) is 2.38. The number of rotatable bonds is 5. The summed E-state index contributed by atoms with van der Waals surface area (Å²) in [4.78, 5) is 12.2. The minimum Gasteiger partial charge on any atom is -0.464 e. The third-order valence-electron chi connectivity index (χ3n) is 3.04. The standard InChI is InChI=1S/C15H18ClN3O2/c1-4-21-15(20)14(13-9-19(3)18-10(13)2)17-12-7-5-11(16)6-8-12/h5-9,14,17H,4H2,1-3H3. The van der Waals surface area contributed by atoms with E-state index in [9.17, 15) is 4.79 Å². The van der Waals surface area contributed by atoms with Gasteiger partial charge < -0.3 is 10.1 Å². The number of nitrogens with one attached hydrogen (secondary N) is 1. The van der Waals surface area contributed by atoms with Crippen molar-refractivity contribution in [1.82, 2.24) is 9.78 Å². The molecule has 0 radical (unpaired) electrons. The largest absolute Gasteiger partial charge is 0.464 e. The molecule has 1 unspecified atom stereocenters. The van der Waals surface area contributed by atoms with Gasteiger partial charge in [0.1, 0.15) is 0 Å². The number of hydrogen-bond acceptors (Lipinski definition) is 4. The van der Waals surface area contributed by atoms with E-state index >= 15 is 0 Å². The summed E-state index contributed by atoms with van der Waals surface area (Å²) in [6, 6.07) is 6.57. The highest BCUT2D eigenvalue weighted by atomic mass is 35.5. The van der Waals surface area contributed by atoms with E-state index < -0.39 is 6.04 Å². The van der Waals surface area contributed by atoms with Crippen molar-refractivity contribution < 1.29 is 9.53 Å². The second-order valence-corrected chi connectivity index (χ2v) is 5.12. The molecule has 2 aromatic rings. The first kappa shape index (κ1) is 15.4. The van der Waals surface area contributed by atoms with E-state index in [1.54, 1.807) is 23.7 Å². The second-order valence-electron chi connectivity index (χ2n) is 4.68. The molecule has 0 amide bonds. The zero-order valence-corrected chi connectivity index (χ0v) is 13.0. The molecule has 0 saturated carbocycles. The molecule has 0 aliphatic rings. The van der Waals surface area contributed by atoms with Crippen LogP contribution in [0, 0.1) is 6.92 Å². The number of benzene rings is 1. The number of aromatic nitrogens is 2. The van der Waals surface area contributed by atoms with Crippen molar-refractivity contribution in [1.29, 1.82) is 0 Å². The van der Waals surface area contributed by atoms with Crippen LogP contribution in [0.5, 0.6) is 0 Å². The fourth-order valence-corrected chi connectivity index (χ4v) is 2.23. The monoisotopic (exact) mass is 307 g/mol. The van der Waals surface area contributed by atoms with Gasteiger partial charge in [-0.25, -0.2) is 4.79 Å². The minimum atomic E-state index is -0.597. The Balaban J connectivity index is 2.30. The Morgan fingerprint density at radius 3 is 2.62 bits per heavy atom. The van der Waals surface area contributed by atoms with E-state index in [-0.39, 0.29) is 5.97 Å². The Kier molecular flexibility index (Phi) is 4.85. The zero-order valence-electron chi connectivity index (χ0n) is 12.3. The van der Waals surface area contributed by atoms with E-state index in [0.29, 0.717) is 11.6 Å². The van der Waals surface area contributed by atoms with Crippen molar-refractivity contribution >= 4 is 23.3 Å². The predicted molar refractivity (Wildman–Crippen MR) is 82.4 cm³/mol. The molecule has 5 nitrogen and oxygen atoms in total. The molecule has 1 heterocycles. The topological polar surface area (TPSA) is 56.1 Å². The first-order valence-corrected chi connectivity index (χ1v) is 7.08. The summed E-state index contributed by atoms with van der Waals surface area (Å²) in [6.45, 7) is 3.98. The quantitative estimate of drug-likeness (QED) is 0.862. The molecule has 0 aliphatic heterocycles. The fraction of sp³-hybridized carbons (Fsp3) is 0.333. The van der Waals surface area contributed by atoms with Gasteiger partial charge in [-0.1, -0.05) is 11.6 Å². The lowest BCUT2D eigenvalue weighted by Gasteiger charge is -2.18. The molecule has 0 fully saturated rings. The third-order valence-corrected chi connectivity index (χ3v) is 3.29. The van der Waals surface area contributed by atoms with Crippen LogP contribution in [0.3, 0.4) is 0 Å². The third kappa shape index (κ3) is 3.76. The van der Waals surface area contributed by atoms with Crippen LogP contribution in [-0.4, -0.2) is 22.4 Å². The predicted octanol–water partition coefficient (Wildman–Crippen LogP) is 3.10. The average Bonchev–Trinajstić information content (AvgIpc) is 2.77. The molecule has 0 bridgehead atoms. The Hall–Kier alpha value is -2.01. The van der Waals surface area contributed by atoms with Gasteiger partial charge in [0, 0.05) is 29.5 Å². The van der Waals surface area contributed by atoms with E-state index in [2.05, 4.69) is 10.4 Å². The van der Waals surface area contributed by atoms with Crippen LogP contribution in [0.15, 0.2) is 30.5 Å². The van der Waals surface area contributed by atoms with Crippen molar-refractivity contribution in [2.24, 2.45) is 7.05 Å². The average molecular weight is 308 g/mol. The molecule has 2 rings (SSSR count). The molecular weight excluding hydrogens is 290 g/mol. The van der Waals surface area contributed by atoms with Gasteiger partial charge in [-0.2, -0.15) is 5.10 Å². The lowest BCUT2D eigenvalue weighted by molar-refractivity contribution is -0.144. The first-order chi connectivity index (χ1) is 10.0. The van der Waals surface area contributed by atoms with Crippen LogP contribution in [0.25, 0.3) is 0 Å². The molecule has 112 valence electrons. The number of esters is 1. The summed E-state index contributed by atoms with van der Waals surface area (Å²) in [7, 11) is 1.82. The Morgan fingerprint density at radius 2 is 2.10 bits per heavy atom. The molecule has 0 aliphatic carbocycles. The molecule has 1 aromatic heterocycles. The van der Waals surface area contributed by atoms with Gasteiger partial charge >= 0.3 is 5.97 Å². The maximum absolute atomic E-state index is 12.2. The van der Waals surface area contributed by atoms with Gasteiger partial charge in [-0.3, -0.25) is 4.68 Å². The van der Waals surface area contributed by atoms with Gasteiger partial charge in [0.05, 0.1) is 12.3 Å². The van der Waals surface area contributed by atoms with Crippen LogP contribution in [-0.2, 0) is 16.6 Å². The Bertz CT molecular complexity index is 622. The van der Waals surface area contributed by atoms with Crippen LogP contribution < -0.4 is 5.32 Å². The summed E-state index contributed by atoms with van der Waals surface area (Å²) in [5, 5.41) is 8.10. The number of halogens is 1. The number of aryl methyl sites for hydroxylation is 2. The van der Waals surface area contributed by atoms with Crippen LogP contribution >= 0.6 is 11.6 Å². The number of nitrogens with zero attached hydrogens (tertiary/aromatic N) is 2. The van der Waals surface area contributed by atoms with E-state index in [1.165, 1.54) is 0 Å². The minimum absolute atomic E-state index is 0.330. The summed E-state index contributed by atoms with van der Waals surface area (Å²) < 4.78 is 6.84. The maximum Gasteiger partial charge on any atom is 0.333 e. The number of carbonyl (C=O) groups excluding carboxylic acids is 1. The lowest BCUT2D eigenvalue weighted by atomic mass is 10.1. The number of ether oxygens (including phenoxy) is 1. The van der Waals surface area contributed by atoms with Gasteiger partial charge in [0.2, 0.25) is 0 Å². The molecule has 6 heteroatoms. The Labute approximate surface area is 128 Å². The van der Waals surface area contributed by atoms with Gasteiger partial charge in [-0.15, -0.1) is 0 Å². The van der Waals surface area contributed by atoms with Crippen molar-refractivity contribution in [3.05, 3.63) is 46.7 Å². The lowest BCUT2D eigenvalue weighted by Crippen LogP contribution is -2.23. The highest BCUT2D eigenvalue weighted by Gasteiger charge is 2.25. The number of hydrogen-bond donors (Lipinski definition) is 1. The fourth-order valence-electron chi connectivity index (χ4n) is 2.10. The molecular formula is C15H18ClN3O2. The van der Waals surface area contributed by atoms with Gasteiger partial charge in [0.15, 0.2) is 6.04 Å². The maximum atomic E-state index is 12.2. The Morgan fingerprint density at radius 1 is 1.43 bits per heavy atom. The molecule has 1 N–H and O–H groups in total. The molecule has 21 heavy (non-hydrogen) atoms. The summed E-state index contributed by atoms with van der Waals surface area (Å²) in [6.07, 6.45) is 1.82. The van der Waals surface area contributed by atoms with Crippen LogP contribution in [0.4, 0.5) is 5.69 Å². The summed E-state index contributed by atoms with van der Waals surface area (Å²) >= 11 is 5.87. The van der Waals surface area contributed by atoms with Crippen LogP contribution in [0.1, 0.15) is 24.2 Å². The SMILES string of the molecule is CCOC(=O)C(Nc1ccc(Cl)cc1)c1cn(C)nc1C. The van der Waals surface area contributed by atoms with Crippen molar-refractivity contribution in [2.75, 3.05) is 11.9 Å². The van der Waals surface area contributed by atoms with Crippen molar-refractivity contribution in [2.45, 2.75) is 19.9 Å². The first-order valence-electron chi connectivity index (χ1n) is 6.70. The second kappa shape index (κ2) is 6.63. The normalized spacial score (nSPS) is 12.0. The van der Waals surface area contributed by atoms with Crippen molar-refractivity contribution in [3.63, 3.8) is 0 Å². The number of carbonyl (C=O) groups is 1. The smallest absolute Gasteiger partial charge is 0.333 e. The van der Waals surface area contributed by atoms with Gasteiger partial charge in [-0.05, 0) is 38.1 Å². The van der Waals surface area contributed by atoms with Crippen LogP contribution in [0.2, 0.25) is 5.02 Å². The van der Waals surface area contributed by atoms with E-state index in [4.69, 9.17) is 16.3 Å². The van der Waals surface area contributed by atoms with Crippen molar-refractivity contribution in [3.8, 4) is 0 Å². The highest BCUT2D eigenvalue weighted by Crippen LogP contribution is 2.24. The summed E-state index contributed by atoms with van der Waals surface area (Å²) in [5.74, 6) is -0.330. The highest BCUT2D eigenvalue weighted by molar-refractivity contribution is 6.30. The molecule has 0 saturated heterocycles. The molecule has 0 spiro atoms.